The third-order valence-electron chi connectivity index (χ3n) is 3.27. The molecule has 2 unspecified atom stereocenters. The van der Waals surface area contributed by atoms with E-state index in [1.54, 1.807) is 29.3 Å². The number of anilines is 1. The molecule has 0 aliphatic carbocycles. The summed E-state index contributed by atoms with van der Waals surface area (Å²) in [5.74, 6) is 0.465. The highest BCUT2D eigenvalue weighted by atomic mass is 16.2. The van der Waals surface area contributed by atoms with Gasteiger partial charge in [-0.05, 0) is 18.1 Å². The number of aromatic nitrogens is 3. The Morgan fingerprint density at radius 3 is 3.05 bits per heavy atom. The number of amides is 1. The van der Waals surface area contributed by atoms with Crippen LogP contribution in [0.25, 0.3) is 0 Å². The van der Waals surface area contributed by atoms with Crippen molar-refractivity contribution in [3.05, 3.63) is 42.4 Å². The van der Waals surface area contributed by atoms with Gasteiger partial charge in [-0.25, -0.2) is 10.9 Å². The third-order valence-corrected chi connectivity index (χ3v) is 3.27. The van der Waals surface area contributed by atoms with Gasteiger partial charge in [0.05, 0.1) is 0 Å². The lowest BCUT2D eigenvalue weighted by Crippen LogP contribution is -2.39. The number of hydrogen-bond donors (Lipinski definition) is 3. The van der Waals surface area contributed by atoms with Crippen LogP contribution in [0.2, 0.25) is 0 Å². The Morgan fingerprint density at radius 2 is 2.35 bits per heavy atom. The van der Waals surface area contributed by atoms with Gasteiger partial charge < -0.3 is 5.32 Å². The second-order valence-electron chi connectivity index (χ2n) is 4.78. The molecule has 7 heteroatoms. The Labute approximate surface area is 116 Å². The van der Waals surface area contributed by atoms with Crippen LogP contribution in [0.1, 0.15) is 18.0 Å². The number of carbonyl (C=O) groups excluding carboxylic acids is 1. The molecule has 3 rings (SSSR count). The molecule has 104 valence electrons. The first-order valence-corrected chi connectivity index (χ1v) is 6.44. The first kappa shape index (κ1) is 12.8. The van der Waals surface area contributed by atoms with Gasteiger partial charge in [0.25, 0.3) is 0 Å². The monoisotopic (exact) mass is 272 g/mol. The topological polar surface area (TPSA) is 83.9 Å². The number of rotatable bonds is 3. The van der Waals surface area contributed by atoms with Gasteiger partial charge in [-0.1, -0.05) is 6.07 Å². The summed E-state index contributed by atoms with van der Waals surface area (Å²) < 4.78 is 1.65. The van der Waals surface area contributed by atoms with Crippen molar-refractivity contribution in [2.45, 2.75) is 18.5 Å². The molecule has 1 fully saturated rings. The Balaban J connectivity index is 1.61. The van der Waals surface area contributed by atoms with Gasteiger partial charge in [-0.2, -0.15) is 5.10 Å². The fraction of sp³-hybridized carbons (Fsp3) is 0.308. The number of hydrogen-bond acceptors (Lipinski definition) is 5. The van der Waals surface area contributed by atoms with Gasteiger partial charge in [0, 0.05) is 37.7 Å². The maximum Gasteiger partial charge on any atom is 0.244 e. The smallest absolute Gasteiger partial charge is 0.244 e. The van der Waals surface area contributed by atoms with E-state index < -0.39 is 0 Å². The summed E-state index contributed by atoms with van der Waals surface area (Å²) in [4.78, 5) is 16.2. The van der Waals surface area contributed by atoms with Crippen LogP contribution >= 0.6 is 0 Å². The molecule has 1 saturated heterocycles. The summed E-state index contributed by atoms with van der Waals surface area (Å²) in [5, 5.41) is 6.91. The standard InChI is InChI=1S/C13H16N6O/c1-19-6-4-12(18-19)15-13(20)11-7-10(16-17-11)9-3-2-5-14-8-9/h2-6,8,10-11,16-17H,7H2,1H3,(H,15,18,20). The van der Waals surface area contributed by atoms with Crippen LogP contribution in [0.5, 0.6) is 0 Å². The third kappa shape index (κ3) is 2.68. The molecular weight excluding hydrogens is 256 g/mol. The summed E-state index contributed by atoms with van der Waals surface area (Å²) in [6.07, 6.45) is 5.99. The average molecular weight is 272 g/mol. The van der Waals surface area contributed by atoms with Crippen molar-refractivity contribution >= 4 is 11.7 Å². The zero-order valence-electron chi connectivity index (χ0n) is 11.1. The first-order chi connectivity index (χ1) is 9.72. The zero-order chi connectivity index (χ0) is 13.9. The Hall–Kier alpha value is -2.25. The van der Waals surface area contributed by atoms with Gasteiger partial charge >= 0.3 is 0 Å². The van der Waals surface area contributed by atoms with E-state index in [0.717, 1.165) is 5.56 Å². The van der Waals surface area contributed by atoms with Crippen LogP contribution in [-0.2, 0) is 11.8 Å². The lowest BCUT2D eigenvalue weighted by molar-refractivity contribution is -0.117. The fourth-order valence-corrected chi connectivity index (χ4v) is 2.22. The maximum absolute atomic E-state index is 12.1. The predicted octanol–water partition coefficient (Wildman–Crippen LogP) is 0.361. The Kier molecular flexibility index (Phi) is 3.44. The van der Waals surface area contributed by atoms with E-state index in [2.05, 4.69) is 26.3 Å². The molecule has 0 saturated carbocycles. The Morgan fingerprint density at radius 1 is 1.45 bits per heavy atom. The van der Waals surface area contributed by atoms with Crippen molar-refractivity contribution in [2.24, 2.45) is 7.05 Å². The van der Waals surface area contributed by atoms with Gasteiger partial charge in [-0.3, -0.25) is 14.5 Å². The molecule has 2 aromatic rings. The molecule has 7 nitrogen and oxygen atoms in total. The molecular formula is C13H16N6O. The van der Waals surface area contributed by atoms with Crippen LogP contribution in [-0.4, -0.2) is 26.7 Å². The molecule has 0 radical (unpaired) electrons. The van der Waals surface area contributed by atoms with Gasteiger partial charge in [0.2, 0.25) is 5.91 Å². The maximum atomic E-state index is 12.1. The summed E-state index contributed by atoms with van der Waals surface area (Å²) in [6, 6.07) is 5.44. The molecule has 3 N–H and O–H groups in total. The van der Waals surface area contributed by atoms with Gasteiger partial charge in [-0.15, -0.1) is 0 Å². The van der Waals surface area contributed by atoms with E-state index >= 15 is 0 Å². The van der Waals surface area contributed by atoms with Crippen LogP contribution in [0.3, 0.4) is 0 Å². The van der Waals surface area contributed by atoms with E-state index in [1.807, 2.05) is 19.2 Å². The fourth-order valence-electron chi connectivity index (χ4n) is 2.22. The van der Waals surface area contributed by atoms with Crippen molar-refractivity contribution in [3.8, 4) is 0 Å². The van der Waals surface area contributed by atoms with Crippen LogP contribution in [0, 0.1) is 0 Å². The van der Waals surface area contributed by atoms with E-state index in [0.29, 0.717) is 12.2 Å². The zero-order valence-corrected chi connectivity index (χ0v) is 11.1. The molecule has 1 aliphatic heterocycles. The number of carbonyl (C=O) groups is 1. The van der Waals surface area contributed by atoms with Gasteiger partial charge in [0.15, 0.2) is 5.82 Å². The highest BCUT2D eigenvalue weighted by Crippen LogP contribution is 2.21. The number of aryl methyl sites for hydroxylation is 1. The molecule has 2 aromatic heterocycles. The van der Waals surface area contributed by atoms with E-state index in [1.165, 1.54) is 0 Å². The van der Waals surface area contributed by atoms with Crippen LogP contribution in [0.15, 0.2) is 36.8 Å². The second kappa shape index (κ2) is 5.40. The van der Waals surface area contributed by atoms with Crippen molar-refractivity contribution < 1.29 is 4.79 Å². The molecule has 0 aromatic carbocycles. The minimum atomic E-state index is -0.290. The predicted molar refractivity (Wildman–Crippen MR) is 73.5 cm³/mol. The normalized spacial score (nSPS) is 21.9. The molecule has 1 aliphatic rings. The van der Waals surface area contributed by atoms with E-state index in [9.17, 15) is 4.79 Å². The summed E-state index contributed by atoms with van der Waals surface area (Å²) in [7, 11) is 1.81. The van der Waals surface area contributed by atoms with Crippen LogP contribution in [0.4, 0.5) is 5.82 Å². The number of pyridine rings is 1. The molecule has 2 atom stereocenters. The quantitative estimate of drug-likeness (QED) is 0.751. The average Bonchev–Trinajstić information content (AvgIpc) is 3.09. The molecule has 0 bridgehead atoms. The van der Waals surface area contributed by atoms with Crippen molar-refractivity contribution in [1.29, 1.82) is 0 Å². The summed E-state index contributed by atoms with van der Waals surface area (Å²) >= 11 is 0. The largest absolute Gasteiger partial charge is 0.308 e. The van der Waals surface area contributed by atoms with E-state index in [4.69, 9.17) is 0 Å². The number of nitrogens with one attached hydrogen (secondary N) is 3. The highest BCUT2D eigenvalue weighted by Gasteiger charge is 2.30. The van der Waals surface area contributed by atoms with E-state index in [-0.39, 0.29) is 18.0 Å². The van der Waals surface area contributed by atoms with Gasteiger partial charge in [0.1, 0.15) is 6.04 Å². The lowest BCUT2D eigenvalue weighted by Gasteiger charge is -2.09. The lowest BCUT2D eigenvalue weighted by atomic mass is 10.0. The molecule has 1 amide bonds. The number of nitrogens with zero attached hydrogens (tertiary/aromatic N) is 3. The minimum Gasteiger partial charge on any atom is -0.308 e. The Bertz CT molecular complexity index is 596. The SMILES string of the molecule is Cn1ccc(NC(=O)C2CC(c3cccnc3)NN2)n1. The van der Waals surface area contributed by atoms with Crippen LogP contribution < -0.4 is 16.2 Å². The summed E-state index contributed by atoms with van der Waals surface area (Å²) in [6.45, 7) is 0. The van der Waals surface area contributed by atoms with Crippen molar-refractivity contribution in [1.82, 2.24) is 25.6 Å². The molecule has 0 spiro atoms. The van der Waals surface area contributed by atoms with Crippen molar-refractivity contribution in [2.75, 3.05) is 5.32 Å². The first-order valence-electron chi connectivity index (χ1n) is 6.44. The number of hydrazine groups is 1. The minimum absolute atomic E-state index is 0.0863. The highest BCUT2D eigenvalue weighted by molar-refractivity contribution is 5.94. The molecule has 20 heavy (non-hydrogen) atoms. The second-order valence-corrected chi connectivity index (χ2v) is 4.78. The van der Waals surface area contributed by atoms with Crippen molar-refractivity contribution in [3.63, 3.8) is 0 Å². The summed E-state index contributed by atoms with van der Waals surface area (Å²) in [5.41, 5.74) is 7.19. The molecule has 3 heterocycles.